The lowest BCUT2D eigenvalue weighted by Crippen LogP contribution is -2.54. The molecule has 7 nitrogen and oxygen atoms in total. The molecule has 3 amide bonds. The number of rotatable bonds is 12. The second kappa shape index (κ2) is 14.5. The minimum absolute atomic E-state index is 0.118. The van der Waals surface area contributed by atoms with Crippen LogP contribution in [0.25, 0.3) is 0 Å². The van der Waals surface area contributed by atoms with Crippen molar-refractivity contribution in [1.29, 1.82) is 0 Å². The molecule has 2 N–H and O–H groups in total. The summed E-state index contributed by atoms with van der Waals surface area (Å²) in [5.74, 6) is 2.14. The molecule has 0 fully saturated rings. The molecule has 2 unspecified atom stereocenters. The van der Waals surface area contributed by atoms with Crippen molar-refractivity contribution in [2.45, 2.75) is 105 Å². The zero-order valence-electron chi connectivity index (χ0n) is 23.3. The molecule has 0 aromatic heterocycles. The monoisotopic (exact) mass is 499 g/mol. The van der Waals surface area contributed by atoms with E-state index in [2.05, 4.69) is 23.5 Å². The van der Waals surface area contributed by atoms with Crippen LogP contribution in [-0.2, 0) is 14.3 Å². The Morgan fingerprint density at radius 3 is 2.22 bits per heavy atom. The van der Waals surface area contributed by atoms with E-state index in [9.17, 15) is 14.4 Å². The Balaban J connectivity index is 3.56. The molecular weight excluding hydrogens is 454 g/mol. The summed E-state index contributed by atoms with van der Waals surface area (Å²) in [6, 6.07) is 5.27. The molecule has 0 saturated heterocycles. The predicted molar refractivity (Wildman–Crippen MR) is 144 cm³/mol. The van der Waals surface area contributed by atoms with Gasteiger partial charge in [-0.3, -0.25) is 9.59 Å². The first-order chi connectivity index (χ1) is 16.8. The zero-order chi connectivity index (χ0) is 27.5. The number of hydrogen-bond acceptors (Lipinski definition) is 4. The molecule has 0 aliphatic rings. The first kappa shape index (κ1) is 31.0. The van der Waals surface area contributed by atoms with Crippen LogP contribution in [0.4, 0.5) is 4.79 Å². The molecule has 1 aromatic rings. The van der Waals surface area contributed by atoms with Gasteiger partial charge in [-0.15, -0.1) is 6.42 Å². The number of terminal acetylenes is 1. The highest BCUT2D eigenvalue weighted by Gasteiger charge is 2.37. The average Bonchev–Trinajstić information content (AvgIpc) is 2.75. The number of nitrogens with zero attached hydrogens (tertiary/aromatic N) is 1. The van der Waals surface area contributed by atoms with Crippen LogP contribution in [0.5, 0.6) is 0 Å². The molecule has 0 radical (unpaired) electrons. The Morgan fingerprint density at radius 1 is 1.06 bits per heavy atom. The summed E-state index contributed by atoms with van der Waals surface area (Å²) in [6.45, 7) is 15.4. The number of hydrogen-bond donors (Lipinski definition) is 2. The summed E-state index contributed by atoms with van der Waals surface area (Å²) < 4.78 is 5.43. The van der Waals surface area contributed by atoms with Crippen LogP contribution in [0.1, 0.15) is 98.2 Å². The third-order valence-electron chi connectivity index (χ3n) is 5.38. The van der Waals surface area contributed by atoms with Gasteiger partial charge in [-0.05, 0) is 65.0 Å². The van der Waals surface area contributed by atoms with Gasteiger partial charge in [0.2, 0.25) is 11.8 Å². The molecule has 0 aliphatic carbocycles. The van der Waals surface area contributed by atoms with Crippen molar-refractivity contribution in [3.63, 3.8) is 0 Å². The lowest BCUT2D eigenvalue weighted by Gasteiger charge is -2.35. The second-order valence-electron chi connectivity index (χ2n) is 10.9. The quantitative estimate of drug-likeness (QED) is 0.306. The normalized spacial score (nSPS) is 13.0. The number of unbranched alkanes of at least 4 members (excludes halogenated alkanes) is 2. The van der Waals surface area contributed by atoms with Gasteiger partial charge in [-0.1, -0.05) is 57.7 Å². The lowest BCUT2D eigenvalue weighted by atomic mass is 9.95. The van der Waals surface area contributed by atoms with Crippen molar-refractivity contribution in [2.24, 2.45) is 5.92 Å². The van der Waals surface area contributed by atoms with Gasteiger partial charge in [0, 0.05) is 18.2 Å². The summed E-state index contributed by atoms with van der Waals surface area (Å²) in [6.07, 6.45) is 8.08. The number of carbonyl (C=O) groups is 3. The van der Waals surface area contributed by atoms with E-state index in [1.807, 2.05) is 39.8 Å². The SMILES string of the molecule is C#Cc1ccccc1C(C(=O)NC(C)C)N(CCCCC)C(=O)C(CC(C)C)NC(=O)OC(C)(C)C. The van der Waals surface area contributed by atoms with E-state index >= 15 is 0 Å². The first-order valence-corrected chi connectivity index (χ1v) is 13.0. The van der Waals surface area contributed by atoms with E-state index in [1.54, 1.807) is 37.8 Å². The Kier molecular flexibility index (Phi) is 12.5. The van der Waals surface area contributed by atoms with E-state index < -0.39 is 23.8 Å². The summed E-state index contributed by atoms with van der Waals surface area (Å²) in [4.78, 5) is 41.9. The van der Waals surface area contributed by atoms with Gasteiger partial charge in [0.15, 0.2) is 0 Å². The Morgan fingerprint density at radius 2 is 1.69 bits per heavy atom. The van der Waals surface area contributed by atoms with Gasteiger partial charge >= 0.3 is 6.09 Å². The summed E-state index contributed by atoms with van der Waals surface area (Å²) in [5, 5.41) is 5.72. The predicted octanol–water partition coefficient (Wildman–Crippen LogP) is 5.19. The Hall–Kier alpha value is -3.01. The highest BCUT2D eigenvalue weighted by Crippen LogP contribution is 2.27. The summed E-state index contributed by atoms with van der Waals surface area (Å²) >= 11 is 0. The number of amides is 3. The largest absolute Gasteiger partial charge is 0.444 e. The number of nitrogens with one attached hydrogen (secondary N) is 2. The molecule has 36 heavy (non-hydrogen) atoms. The highest BCUT2D eigenvalue weighted by molar-refractivity contribution is 5.92. The van der Waals surface area contributed by atoms with Crippen molar-refractivity contribution in [2.75, 3.05) is 6.54 Å². The van der Waals surface area contributed by atoms with Crippen LogP contribution in [0.2, 0.25) is 0 Å². The maximum absolute atomic E-state index is 14.1. The van der Waals surface area contributed by atoms with Gasteiger partial charge in [0.1, 0.15) is 17.7 Å². The van der Waals surface area contributed by atoms with E-state index in [1.165, 1.54) is 0 Å². The molecule has 1 aromatic carbocycles. The van der Waals surface area contributed by atoms with Crippen LogP contribution in [0.15, 0.2) is 24.3 Å². The maximum Gasteiger partial charge on any atom is 0.408 e. The van der Waals surface area contributed by atoms with E-state index in [0.29, 0.717) is 30.5 Å². The average molecular weight is 500 g/mol. The minimum atomic E-state index is -0.931. The smallest absolute Gasteiger partial charge is 0.408 e. The molecular formula is C29H45N3O4. The number of ether oxygens (including phenoxy) is 1. The first-order valence-electron chi connectivity index (χ1n) is 13.0. The number of carbonyl (C=O) groups excluding carboxylic acids is 3. The Bertz CT molecular complexity index is 912. The molecule has 2 atom stereocenters. The van der Waals surface area contributed by atoms with Gasteiger partial charge in [0.05, 0.1) is 0 Å². The fourth-order valence-corrected chi connectivity index (χ4v) is 3.92. The van der Waals surface area contributed by atoms with Gasteiger partial charge in [0.25, 0.3) is 0 Å². The molecule has 200 valence electrons. The van der Waals surface area contributed by atoms with E-state index in [0.717, 1.165) is 12.8 Å². The molecule has 0 saturated carbocycles. The molecule has 1 rings (SSSR count). The number of alkyl carbamates (subject to hydrolysis) is 1. The molecule has 0 heterocycles. The van der Waals surface area contributed by atoms with Crippen molar-refractivity contribution in [3.05, 3.63) is 35.4 Å². The van der Waals surface area contributed by atoms with Gasteiger partial charge in [-0.25, -0.2) is 4.79 Å². The standard InChI is InChI=1S/C29H45N3O4/c1-10-12-15-18-32(27(34)24(19-20(3)4)31-28(35)36-29(7,8)9)25(26(33)30-21(5)6)23-17-14-13-16-22(23)11-2/h2,13-14,16-17,20-21,24-25H,10,12,15,18-19H2,1,3-9H3,(H,30,33)(H,31,35). The maximum atomic E-state index is 14.1. The summed E-state index contributed by atoms with van der Waals surface area (Å²) in [5.41, 5.74) is 0.431. The van der Waals surface area contributed by atoms with E-state index in [-0.39, 0.29) is 23.8 Å². The van der Waals surface area contributed by atoms with Crippen molar-refractivity contribution in [1.82, 2.24) is 15.5 Å². The fourth-order valence-electron chi connectivity index (χ4n) is 3.92. The van der Waals surface area contributed by atoms with Crippen LogP contribution < -0.4 is 10.6 Å². The third-order valence-corrected chi connectivity index (χ3v) is 5.38. The molecule has 7 heteroatoms. The van der Waals surface area contributed by atoms with Crippen LogP contribution in [0.3, 0.4) is 0 Å². The van der Waals surface area contributed by atoms with Crippen molar-refractivity contribution in [3.8, 4) is 12.3 Å². The van der Waals surface area contributed by atoms with Crippen LogP contribution >= 0.6 is 0 Å². The fraction of sp³-hybridized carbons (Fsp3) is 0.621. The van der Waals surface area contributed by atoms with Crippen molar-refractivity contribution < 1.29 is 19.1 Å². The van der Waals surface area contributed by atoms with Crippen LogP contribution in [0, 0.1) is 18.3 Å². The van der Waals surface area contributed by atoms with Crippen molar-refractivity contribution >= 4 is 17.9 Å². The zero-order valence-corrected chi connectivity index (χ0v) is 23.3. The Labute approximate surface area is 217 Å². The molecule has 0 aliphatic heterocycles. The number of benzene rings is 1. The highest BCUT2D eigenvalue weighted by atomic mass is 16.6. The van der Waals surface area contributed by atoms with E-state index in [4.69, 9.17) is 11.2 Å². The van der Waals surface area contributed by atoms with Gasteiger partial charge < -0.3 is 20.3 Å². The minimum Gasteiger partial charge on any atom is -0.444 e. The molecule has 0 bridgehead atoms. The lowest BCUT2D eigenvalue weighted by molar-refractivity contribution is -0.143. The third kappa shape index (κ3) is 10.3. The topological polar surface area (TPSA) is 87.7 Å². The van der Waals surface area contributed by atoms with Crippen LogP contribution in [-0.4, -0.2) is 47.0 Å². The summed E-state index contributed by atoms with van der Waals surface area (Å²) in [7, 11) is 0. The molecule has 0 spiro atoms. The second-order valence-corrected chi connectivity index (χ2v) is 10.9. The van der Waals surface area contributed by atoms with Gasteiger partial charge in [-0.2, -0.15) is 0 Å².